The van der Waals surface area contributed by atoms with Crippen LogP contribution in [0.15, 0.2) is 121 Å². The van der Waals surface area contributed by atoms with Crippen LogP contribution in [0, 0.1) is 5.92 Å². The minimum atomic E-state index is -0.759. The summed E-state index contributed by atoms with van der Waals surface area (Å²) in [4.78, 5) is 47.1. The van der Waals surface area contributed by atoms with Gasteiger partial charge in [-0.15, -0.1) is 0 Å². The second kappa shape index (κ2) is 16.7. The van der Waals surface area contributed by atoms with E-state index < -0.39 is 18.1 Å². The maximum atomic E-state index is 14.8. The first-order valence-corrected chi connectivity index (χ1v) is 17.9. The SMILES string of the molecule is CN[C@H](Cc1ccccc1)C(=O)N[C@@H]1C(=O)N2[C@@H](CC[C@@H]1CN(C)Cc1ccccc1)CC[C@H]2C(=O)NC(c1ccccc1)c1ccccc1. The molecule has 8 nitrogen and oxygen atoms in total. The number of fused-ring (bicyclic) bond motifs is 1. The van der Waals surface area contributed by atoms with Gasteiger partial charge in [0.15, 0.2) is 0 Å². The van der Waals surface area contributed by atoms with E-state index in [1.165, 1.54) is 5.56 Å². The molecule has 4 aromatic rings. The smallest absolute Gasteiger partial charge is 0.246 e. The van der Waals surface area contributed by atoms with E-state index in [0.717, 1.165) is 42.5 Å². The lowest BCUT2D eigenvalue weighted by atomic mass is 9.92. The first-order valence-electron chi connectivity index (χ1n) is 17.9. The zero-order valence-electron chi connectivity index (χ0n) is 29.1. The topological polar surface area (TPSA) is 93.8 Å². The maximum Gasteiger partial charge on any atom is 0.246 e. The van der Waals surface area contributed by atoms with E-state index >= 15 is 0 Å². The molecule has 260 valence electrons. The van der Waals surface area contributed by atoms with E-state index in [4.69, 9.17) is 0 Å². The van der Waals surface area contributed by atoms with Crippen LogP contribution in [0.3, 0.4) is 0 Å². The molecular formula is C42H49N5O3. The van der Waals surface area contributed by atoms with Gasteiger partial charge in [0.05, 0.1) is 12.1 Å². The fourth-order valence-electron chi connectivity index (χ4n) is 7.75. The Bertz CT molecular complexity index is 1650. The van der Waals surface area contributed by atoms with Crippen LogP contribution in [0.25, 0.3) is 0 Å². The van der Waals surface area contributed by atoms with Gasteiger partial charge in [0, 0.05) is 25.0 Å². The third-order valence-corrected chi connectivity index (χ3v) is 10.3. The normalized spacial score (nSPS) is 21.0. The van der Waals surface area contributed by atoms with Crippen LogP contribution >= 0.6 is 0 Å². The Morgan fingerprint density at radius 3 is 1.88 bits per heavy atom. The van der Waals surface area contributed by atoms with Crippen LogP contribution in [-0.2, 0) is 27.3 Å². The Hall–Kier alpha value is -4.79. The lowest BCUT2D eigenvalue weighted by Crippen LogP contribution is -2.59. The van der Waals surface area contributed by atoms with Gasteiger partial charge in [0.25, 0.3) is 0 Å². The number of nitrogens with one attached hydrogen (secondary N) is 3. The molecule has 0 saturated carbocycles. The van der Waals surface area contributed by atoms with E-state index in [1.807, 2.05) is 114 Å². The number of carbonyl (C=O) groups is 3. The molecule has 0 unspecified atom stereocenters. The largest absolute Gasteiger partial charge is 0.343 e. The molecule has 0 radical (unpaired) electrons. The summed E-state index contributed by atoms with van der Waals surface area (Å²) in [5.74, 6) is -0.662. The van der Waals surface area contributed by atoms with Crippen LogP contribution < -0.4 is 16.0 Å². The van der Waals surface area contributed by atoms with Crippen molar-refractivity contribution in [3.63, 3.8) is 0 Å². The lowest BCUT2D eigenvalue weighted by molar-refractivity contribution is -0.144. The van der Waals surface area contributed by atoms with Crippen molar-refractivity contribution in [2.45, 2.75) is 68.9 Å². The van der Waals surface area contributed by atoms with Crippen molar-refractivity contribution in [2.24, 2.45) is 5.92 Å². The van der Waals surface area contributed by atoms with Crippen molar-refractivity contribution in [3.05, 3.63) is 144 Å². The molecule has 3 amide bonds. The van der Waals surface area contributed by atoms with Crippen LogP contribution in [0.1, 0.15) is 54.0 Å². The number of hydrogen-bond donors (Lipinski definition) is 3. The van der Waals surface area contributed by atoms with Gasteiger partial charge in [-0.05, 0) is 68.5 Å². The Morgan fingerprint density at radius 2 is 1.30 bits per heavy atom. The van der Waals surface area contributed by atoms with Gasteiger partial charge >= 0.3 is 0 Å². The van der Waals surface area contributed by atoms with E-state index in [2.05, 4.69) is 40.0 Å². The molecule has 6 rings (SSSR count). The molecule has 0 aliphatic carbocycles. The van der Waals surface area contributed by atoms with Crippen LogP contribution in [0.5, 0.6) is 0 Å². The lowest BCUT2D eigenvalue weighted by Gasteiger charge is -2.34. The molecule has 8 heteroatoms. The number of benzene rings is 4. The Morgan fingerprint density at radius 1 is 0.760 bits per heavy atom. The highest BCUT2D eigenvalue weighted by Gasteiger charge is 2.48. The number of carbonyl (C=O) groups excluding carboxylic acids is 3. The molecule has 2 aliphatic rings. The Balaban J connectivity index is 1.25. The summed E-state index contributed by atoms with van der Waals surface area (Å²) in [6.07, 6.45) is 3.40. The molecule has 2 fully saturated rings. The van der Waals surface area contributed by atoms with Gasteiger partial charge < -0.3 is 25.8 Å². The quantitative estimate of drug-likeness (QED) is 0.184. The van der Waals surface area contributed by atoms with Crippen molar-refractivity contribution >= 4 is 17.7 Å². The first kappa shape index (κ1) is 35.1. The second-order valence-corrected chi connectivity index (χ2v) is 13.8. The van der Waals surface area contributed by atoms with Crippen molar-refractivity contribution in [1.82, 2.24) is 25.8 Å². The van der Waals surface area contributed by atoms with Gasteiger partial charge in [-0.25, -0.2) is 0 Å². The average molecular weight is 672 g/mol. The fourth-order valence-corrected chi connectivity index (χ4v) is 7.75. The highest BCUT2D eigenvalue weighted by atomic mass is 16.2. The number of nitrogens with zero attached hydrogens (tertiary/aromatic N) is 2. The summed E-state index contributed by atoms with van der Waals surface area (Å²) in [5, 5.41) is 9.69. The van der Waals surface area contributed by atoms with Crippen LogP contribution in [-0.4, -0.2) is 72.3 Å². The first-order chi connectivity index (χ1) is 24.4. The van der Waals surface area contributed by atoms with Gasteiger partial charge in [-0.3, -0.25) is 14.4 Å². The highest BCUT2D eigenvalue weighted by Crippen LogP contribution is 2.35. The average Bonchev–Trinajstić information content (AvgIpc) is 3.54. The third kappa shape index (κ3) is 8.49. The summed E-state index contributed by atoms with van der Waals surface area (Å²) in [5.41, 5.74) is 4.19. The summed E-state index contributed by atoms with van der Waals surface area (Å²) in [6, 6.07) is 37.8. The zero-order chi connectivity index (χ0) is 34.9. The number of hydrogen-bond acceptors (Lipinski definition) is 5. The van der Waals surface area contributed by atoms with Crippen molar-refractivity contribution in [2.75, 3.05) is 20.6 Å². The summed E-state index contributed by atoms with van der Waals surface area (Å²) in [7, 11) is 3.84. The molecule has 5 atom stereocenters. The highest BCUT2D eigenvalue weighted by molar-refractivity contribution is 5.94. The summed E-state index contributed by atoms with van der Waals surface area (Å²) >= 11 is 0. The summed E-state index contributed by atoms with van der Waals surface area (Å²) < 4.78 is 0. The van der Waals surface area contributed by atoms with E-state index in [0.29, 0.717) is 19.4 Å². The van der Waals surface area contributed by atoms with E-state index in [-0.39, 0.29) is 35.7 Å². The molecule has 50 heavy (non-hydrogen) atoms. The zero-order valence-corrected chi connectivity index (χ0v) is 29.1. The number of likely N-dealkylation sites (N-methyl/N-ethyl adjacent to an activating group) is 1. The van der Waals surface area contributed by atoms with Gasteiger partial charge in [-0.2, -0.15) is 0 Å². The Labute approximate surface area is 296 Å². The molecule has 0 aromatic heterocycles. The van der Waals surface area contributed by atoms with E-state index in [9.17, 15) is 14.4 Å². The molecule has 0 spiro atoms. The molecule has 0 bridgehead atoms. The molecule has 2 heterocycles. The van der Waals surface area contributed by atoms with Crippen molar-refractivity contribution in [3.8, 4) is 0 Å². The molecule has 2 aliphatic heterocycles. The monoisotopic (exact) mass is 671 g/mol. The molecule has 4 aromatic carbocycles. The summed E-state index contributed by atoms with van der Waals surface area (Å²) in [6.45, 7) is 1.37. The van der Waals surface area contributed by atoms with Gasteiger partial charge in [0.1, 0.15) is 12.1 Å². The van der Waals surface area contributed by atoms with Crippen LogP contribution in [0.4, 0.5) is 0 Å². The third-order valence-electron chi connectivity index (χ3n) is 10.3. The Kier molecular flexibility index (Phi) is 11.7. The van der Waals surface area contributed by atoms with Crippen molar-refractivity contribution < 1.29 is 14.4 Å². The van der Waals surface area contributed by atoms with Crippen molar-refractivity contribution in [1.29, 1.82) is 0 Å². The second-order valence-electron chi connectivity index (χ2n) is 13.8. The molecular weight excluding hydrogens is 622 g/mol. The predicted molar refractivity (Wildman–Crippen MR) is 197 cm³/mol. The minimum Gasteiger partial charge on any atom is -0.343 e. The standard InChI is InChI=1S/C42H49N5O3/c1-43-36(27-30-15-7-3-8-16-30)40(48)45-39-34(29-46(2)28-31-17-9-4-10-18-31)23-24-35-25-26-37(47(35)42(39)50)41(49)44-38(32-19-11-5-12-20-32)33-21-13-6-14-22-33/h3-22,34-39,43H,23-29H2,1-2H3,(H,44,49)(H,45,48)/t34-,35+,36-,37+,39+/m1/s1. The van der Waals surface area contributed by atoms with Gasteiger partial charge in [-0.1, -0.05) is 121 Å². The van der Waals surface area contributed by atoms with Gasteiger partial charge in [0.2, 0.25) is 17.7 Å². The molecule has 2 saturated heterocycles. The maximum absolute atomic E-state index is 14.8. The van der Waals surface area contributed by atoms with E-state index in [1.54, 1.807) is 7.05 Å². The number of amides is 3. The number of rotatable bonds is 13. The predicted octanol–water partition coefficient (Wildman–Crippen LogP) is 5.11. The van der Waals surface area contributed by atoms with Crippen LogP contribution in [0.2, 0.25) is 0 Å². The molecule has 3 N–H and O–H groups in total. The minimum absolute atomic E-state index is 0.0570. The fraction of sp³-hybridized carbons (Fsp3) is 0.357.